The summed E-state index contributed by atoms with van der Waals surface area (Å²) in [6, 6.07) is 0. The molecule has 0 aromatic heterocycles. The Kier molecular flexibility index (Phi) is 24.8. The van der Waals surface area contributed by atoms with Gasteiger partial charge in [-0.25, -0.2) is 0 Å². The Morgan fingerprint density at radius 2 is 1.33 bits per heavy atom. The van der Waals surface area contributed by atoms with Crippen LogP contribution in [0.5, 0.6) is 0 Å². The van der Waals surface area contributed by atoms with Gasteiger partial charge in [-0.05, 0) is 6.16 Å². The summed E-state index contributed by atoms with van der Waals surface area (Å²) in [5.41, 5.74) is 0. The van der Waals surface area contributed by atoms with Gasteiger partial charge in [0.1, 0.15) is 0 Å². The smallest absolute Gasteiger partial charge is 0.652 e. The van der Waals surface area contributed by atoms with E-state index in [1.807, 2.05) is 0 Å². The van der Waals surface area contributed by atoms with Crippen LogP contribution in [0.15, 0.2) is 0 Å². The first-order chi connectivity index (χ1) is 1.73. The Labute approximate surface area is 49.0 Å². The van der Waals surface area contributed by atoms with Gasteiger partial charge < -0.3 is 21.2 Å². The van der Waals surface area contributed by atoms with Crippen LogP contribution in [0.4, 0.5) is 4.79 Å². The molecule has 0 aliphatic rings. The molecule has 6 heavy (non-hydrogen) atoms. The van der Waals surface area contributed by atoms with E-state index in [0.29, 0.717) is 0 Å². The van der Waals surface area contributed by atoms with E-state index in [0.717, 1.165) is 0 Å². The third-order valence-electron chi connectivity index (χ3n) is 0. The zero-order chi connectivity index (χ0) is 3.58. The third kappa shape index (κ3) is 5000. The largest absolute Gasteiger partial charge is 2.00 e. The zero-order valence-corrected chi connectivity index (χ0v) is 5.02. The van der Waals surface area contributed by atoms with E-state index in [9.17, 15) is 0 Å². The van der Waals surface area contributed by atoms with Crippen LogP contribution in [0.3, 0.4) is 0 Å². The number of rotatable bonds is 0. The van der Waals surface area contributed by atoms with E-state index < -0.39 is 6.16 Å². The molecule has 0 heterocycles. The van der Waals surface area contributed by atoms with Crippen molar-refractivity contribution in [3.05, 3.63) is 0 Å². The predicted octanol–water partition coefficient (Wildman–Crippen LogP) is -2.29. The van der Waals surface area contributed by atoms with Crippen LogP contribution in [0.2, 0.25) is 0 Å². The standard InChI is InChI=1S/CH2O3.H3N.Pt/c2-1(3)4;;/h(H2,2,3,4);1H3;/q;;+2/p-2. The first kappa shape index (κ1) is 16.8. The van der Waals surface area contributed by atoms with E-state index >= 15 is 0 Å². The van der Waals surface area contributed by atoms with Crippen molar-refractivity contribution >= 4 is 6.16 Å². The van der Waals surface area contributed by atoms with E-state index in [2.05, 4.69) is 0 Å². The van der Waals surface area contributed by atoms with E-state index in [1.54, 1.807) is 0 Å². The average Bonchev–Trinajstić information content (AvgIpc) is 0.811. The molecular formula is CH3NO3Pt. The maximum absolute atomic E-state index is 8.33. The molecule has 0 aliphatic carbocycles. The molecule has 0 atom stereocenters. The van der Waals surface area contributed by atoms with Gasteiger partial charge in [-0.1, -0.05) is 0 Å². The van der Waals surface area contributed by atoms with Gasteiger partial charge in [0, 0.05) is 0 Å². The van der Waals surface area contributed by atoms with Gasteiger partial charge in [0.05, 0.1) is 0 Å². The van der Waals surface area contributed by atoms with Crippen LogP contribution < -0.4 is 16.4 Å². The molecule has 0 rings (SSSR count). The Balaban J connectivity index is -0.0000000450. The molecule has 0 aromatic rings. The van der Waals surface area contributed by atoms with Crippen molar-refractivity contribution in [2.24, 2.45) is 0 Å². The summed E-state index contributed by atoms with van der Waals surface area (Å²) in [5.74, 6) is 0. The van der Waals surface area contributed by atoms with Crippen LogP contribution in [-0.2, 0) is 21.1 Å². The molecular weight excluding hydrogens is 269 g/mol. The topological polar surface area (TPSA) is 98.2 Å². The van der Waals surface area contributed by atoms with Gasteiger partial charge in [-0.15, -0.1) is 0 Å². The summed E-state index contributed by atoms with van der Waals surface area (Å²) < 4.78 is 0. The fraction of sp³-hybridized carbons (Fsp3) is 0. The maximum atomic E-state index is 8.33. The monoisotopic (exact) mass is 272 g/mol. The average molecular weight is 272 g/mol. The van der Waals surface area contributed by atoms with Crippen LogP contribution in [0.25, 0.3) is 0 Å². The summed E-state index contributed by atoms with van der Waals surface area (Å²) in [5, 5.41) is 16.7. The Hall–Kier alpha value is -0.0817. The van der Waals surface area contributed by atoms with Gasteiger partial charge in [0.2, 0.25) is 0 Å². The number of hydrogen-bond acceptors (Lipinski definition) is 4. The Morgan fingerprint density at radius 1 is 1.33 bits per heavy atom. The van der Waals surface area contributed by atoms with Gasteiger partial charge >= 0.3 is 21.1 Å². The molecule has 0 amide bonds. The molecule has 3 N–H and O–H groups in total. The second-order valence-corrected chi connectivity index (χ2v) is 0.250. The summed E-state index contributed by atoms with van der Waals surface area (Å²) in [7, 11) is 0. The minimum atomic E-state index is -2.33. The van der Waals surface area contributed by atoms with Crippen LogP contribution in [0.1, 0.15) is 0 Å². The molecule has 0 aliphatic heterocycles. The Morgan fingerprint density at radius 3 is 1.33 bits per heavy atom. The molecule has 0 saturated heterocycles. The molecule has 0 aromatic carbocycles. The minimum absolute atomic E-state index is 0. The molecule has 0 bridgehead atoms. The number of carbonyl (C=O) groups is 1. The number of carboxylic acid groups (broad SMARTS) is 2. The fourth-order valence-electron chi connectivity index (χ4n) is 0. The molecule has 40 valence electrons. The first-order valence-electron chi connectivity index (χ1n) is 0.612. The van der Waals surface area contributed by atoms with Crippen molar-refractivity contribution in [3.8, 4) is 0 Å². The van der Waals surface area contributed by atoms with E-state index in [-0.39, 0.29) is 27.2 Å². The van der Waals surface area contributed by atoms with Crippen LogP contribution in [-0.4, -0.2) is 6.16 Å². The van der Waals surface area contributed by atoms with Crippen molar-refractivity contribution in [1.29, 1.82) is 0 Å². The fourth-order valence-corrected chi connectivity index (χ4v) is 0. The van der Waals surface area contributed by atoms with Crippen molar-refractivity contribution < 1.29 is 36.1 Å². The molecule has 0 spiro atoms. The summed E-state index contributed by atoms with van der Waals surface area (Å²) in [4.78, 5) is 8.33. The number of carbonyl (C=O) groups excluding carboxylic acids is 1. The second kappa shape index (κ2) is 8.87. The van der Waals surface area contributed by atoms with Crippen molar-refractivity contribution in [2.75, 3.05) is 0 Å². The molecule has 0 fully saturated rings. The van der Waals surface area contributed by atoms with Crippen LogP contribution in [0, 0.1) is 0 Å². The first-order valence-corrected chi connectivity index (χ1v) is 0.612. The SMILES string of the molecule is N.O=C([O-])[O-].[Pt+2]. The second-order valence-electron chi connectivity index (χ2n) is 0.250. The Bertz CT molecular complexity index is 33.8. The normalized spacial score (nSPS) is 4.00. The predicted molar refractivity (Wildman–Crippen MR) is 10.4 cm³/mol. The van der Waals surface area contributed by atoms with Crippen molar-refractivity contribution in [2.45, 2.75) is 0 Å². The van der Waals surface area contributed by atoms with E-state index in [1.165, 1.54) is 0 Å². The molecule has 5 heteroatoms. The van der Waals surface area contributed by atoms with Crippen molar-refractivity contribution in [1.82, 2.24) is 6.15 Å². The molecule has 4 nitrogen and oxygen atoms in total. The van der Waals surface area contributed by atoms with Gasteiger partial charge in [0.25, 0.3) is 0 Å². The van der Waals surface area contributed by atoms with Gasteiger partial charge in [-0.3, -0.25) is 0 Å². The third-order valence-corrected chi connectivity index (χ3v) is 0. The zero-order valence-electron chi connectivity index (χ0n) is 2.75. The number of hydrogen-bond donors (Lipinski definition) is 1. The van der Waals surface area contributed by atoms with Crippen LogP contribution >= 0.6 is 0 Å². The maximum Gasteiger partial charge on any atom is 2.00 e. The quantitative estimate of drug-likeness (QED) is 0.536. The summed E-state index contributed by atoms with van der Waals surface area (Å²) >= 11 is 0. The summed E-state index contributed by atoms with van der Waals surface area (Å²) in [6.45, 7) is 0. The van der Waals surface area contributed by atoms with Crippen molar-refractivity contribution in [3.63, 3.8) is 0 Å². The molecule has 0 radical (unpaired) electrons. The van der Waals surface area contributed by atoms with E-state index in [4.69, 9.17) is 15.0 Å². The molecule has 0 unspecified atom stereocenters. The minimum Gasteiger partial charge on any atom is -0.652 e. The van der Waals surface area contributed by atoms with Gasteiger partial charge in [0.15, 0.2) is 0 Å². The van der Waals surface area contributed by atoms with Gasteiger partial charge in [-0.2, -0.15) is 0 Å². The molecule has 0 saturated carbocycles. The summed E-state index contributed by atoms with van der Waals surface area (Å²) in [6.07, 6.45) is -2.33.